The van der Waals surface area contributed by atoms with Crippen LogP contribution in [0.5, 0.6) is 5.75 Å². The Balaban J connectivity index is 1.06. The van der Waals surface area contributed by atoms with Crippen LogP contribution in [0, 0.1) is 0 Å². The zero-order valence-corrected chi connectivity index (χ0v) is 22.1. The zero-order chi connectivity index (χ0) is 27.2. The summed E-state index contributed by atoms with van der Waals surface area (Å²) in [4.78, 5) is 32.3. The lowest BCUT2D eigenvalue weighted by molar-refractivity contribution is -0.127. The van der Waals surface area contributed by atoms with Crippen molar-refractivity contribution in [1.29, 1.82) is 0 Å². The summed E-state index contributed by atoms with van der Waals surface area (Å²) in [6, 6.07) is 13.6. The number of benzene rings is 2. The van der Waals surface area contributed by atoms with Crippen molar-refractivity contribution in [2.75, 3.05) is 38.0 Å². The van der Waals surface area contributed by atoms with Crippen LogP contribution in [0.25, 0.3) is 0 Å². The molecular formula is C29H35N5O5. The summed E-state index contributed by atoms with van der Waals surface area (Å²) in [6.07, 6.45) is 4.08. The summed E-state index contributed by atoms with van der Waals surface area (Å²) in [5, 5.41) is 16.9. The fourth-order valence-corrected chi connectivity index (χ4v) is 5.13. The molecule has 3 aromatic rings. The smallest absolute Gasteiger partial charge is 0.251 e. The molecule has 3 heterocycles. The third kappa shape index (κ3) is 7.15. The normalized spacial score (nSPS) is 17.9. The summed E-state index contributed by atoms with van der Waals surface area (Å²) < 4.78 is 11.0. The second-order valence-corrected chi connectivity index (χ2v) is 10.2. The monoisotopic (exact) mass is 533 g/mol. The van der Waals surface area contributed by atoms with Gasteiger partial charge in [0.2, 0.25) is 5.91 Å². The van der Waals surface area contributed by atoms with Gasteiger partial charge in [0.1, 0.15) is 12.4 Å². The Morgan fingerprint density at radius 3 is 2.90 bits per heavy atom. The molecule has 206 valence electrons. The van der Waals surface area contributed by atoms with E-state index in [1.165, 1.54) is 17.5 Å². The third-order valence-corrected chi connectivity index (χ3v) is 7.23. The van der Waals surface area contributed by atoms with E-state index < -0.39 is 6.10 Å². The van der Waals surface area contributed by atoms with E-state index in [4.69, 9.17) is 9.15 Å². The van der Waals surface area contributed by atoms with E-state index >= 15 is 0 Å². The number of aliphatic hydroxyl groups is 1. The highest BCUT2D eigenvalue weighted by Crippen LogP contribution is 2.25. The molecule has 1 aromatic heterocycles. The maximum Gasteiger partial charge on any atom is 0.251 e. The van der Waals surface area contributed by atoms with Crippen LogP contribution < -0.4 is 15.4 Å². The quantitative estimate of drug-likeness (QED) is 0.364. The Hall–Kier alpha value is -3.89. The van der Waals surface area contributed by atoms with E-state index in [1.807, 2.05) is 29.2 Å². The Morgan fingerprint density at radius 2 is 2.10 bits per heavy atom. The summed E-state index contributed by atoms with van der Waals surface area (Å²) >= 11 is 0. The molecule has 0 spiro atoms. The number of aromatic nitrogens is 1. The first-order chi connectivity index (χ1) is 18.9. The van der Waals surface area contributed by atoms with Gasteiger partial charge in [0.05, 0.1) is 12.3 Å². The molecule has 1 saturated heterocycles. The van der Waals surface area contributed by atoms with E-state index in [0.717, 1.165) is 43.9 Å². The molecule has 0 bridgehead atoms. The van der Waals surface area contributed by atoms with Crippen LogP contribution in [0.4, 0.5) is 5.69 Å². The molecule has 0 radical (unpaired) electrons. The van der Waals surface area contributed by atoms with Gasteiger partial charge in [-0.2, -0.15) is 0 Å². The fraction of sp³-hybridized carbons (Fsp3) is 0.414. The predicted molar refractivity (Wildman–Crippen MR) is 145 cm³/mol. The molecule has 2 unspecified atom stereocenters. The lowest BCUT2D eigenvalue weighted by atomic mass is 9.99. The van der Waals surface area contributed by atoms with E-state index in [9.17, 15) is 14.7 Å². The molecule has 2 aromatic carbocycles. The number of oxazole rings is 1. The Bertz CT molecular complexity index is 1280. The van der Waals surface area contributed by atoms with Crippen molar-refractivity contribution in [3.8, 4) is 5.75 Å². The Labute approximate surface area is 228 Å². The van der Waals surface area contributed by atoms with Crippen molar-refractivity contribution in [2.24, 2.45) is 0 Å². The average molecular weight is 534 g/mol. The summed E-state index contributed by atoms with van der Waals surface area (Å²) in [6.45, 7) is 5.53. The number of carbonyl (C=O) groups is 2. The maximum atomic E-state index is 12.8. The molecule has 2 atom stereocenters. The van der Waals surface area contributed by atoms with Gasteiger partial charge < -0.3 is 29.8 Å². The third-order valence-electron chi connectivity index (χ3n) is 7.23. The van der Waals surface area contributed by atoms with Crippen LogP contribution in [0.1, 0.15) is 40.6 Å². The number of β-amino-alcohol motifs (C(OH)–C–C–N with tert-alkyl or cyclic N) is 1. The van der Waals surface area contributed by atoms with Gasteiger partial charge in [0.25, 0.3) is 5.91 Å². The van der Waals surface area contributed by atoms with E-state index in [2.05, 4.69) is 32.7 Å². The van der Waals surface area contributed by atoms with Crippen molar-refractivity contribution in [3.63, 3.8) is 0 Å². The van der Waals surface area contributed by atoms with Crippen LogP contribution in [0.2, 0.25) is 0 Å². The second-order valence-electron chi connectivity index (χ2n) is 10.2. The molecule has 1 fully saturated rings. The number of nitrogens with one attached hydrogen (secondary N) is 2. The number of carbonyl (C=O) groups excluding carboxylic acids is 2. The number of likely N-dealkylation sites (tertiary alicyclic amines) is 1. The van der Waals surface area contributed by atoms with E-state index in [1.54, 1.807) is 19.2 Å². The summed E-state index contributed by atoms with van der Waals surface area (Å²) in [5.41, 5.74) is 3.82. The predicted octanol–water partition coefficient (Wildman–Crippen LogP) is 2.44. The number of rotatable bonds is 10. The van der Waals surface area contributed by atoms with Crippen molar-refractivity contribution >= 4 is 17.5 Å². The SMILES string of the molecule is CC(=O)N1CCC(Nc2cccc(C(=O)NCC(O)CN3CCc4cc(OCc5cnco5)ccc4C3)c2)C1. The summed E-state index contributed by atoms with van der Waals surface area (Å²) in [7, 11) is 0. The van der Waals surface area contributed by atoms with Gasteiger partial charge in [-0.25, -0.2) is 4.98 Å². The van der Waals surface area contributed by atoms with Gasteiger partial charge in [0, 0.05) is 63.5 Å². The number of anilines is 1. The van der Waals surface area contributed by atoms with E-state index in [0.29, 0.717) is 31.0 Å². The van der Waals surface area contributed by atoms with Crippen LogP contribution in [0.15, 0.2) is 59.5 Å². The molecule has 10 heteroatoms. The van der Waals surface area contributed by atoms with Gasteiger partial charge in [-0.1, -0.05) is 12.1 Å². The van der Waals surface area contributed by atoms with Gasteiger partial charge in [-0.3, -0.25) is 14.5 Å². The van der Waals surface area contributed by atoms with Crippen LogP contribution in [-0.4, -0.2) is 76.6 Å². The number of hydrogen-bond acceptors (Lipinski definition) is 8. The zero-order valence-electron chi connectivity index (χ0n) is 22.1. The maximum absolute atomic E-state index is 12.8. The van der Waals surface area contributed by atoms with Crippen LogP contribution in [0.3, 0.4) is 0 Å². The lowest BCUT2D eigenvalue weighted by Crippen LogP contribution is -2.42. The topological polar surface area (TPSA) is 120 Å². The average Bonchev–Trinajstić information content (AvgIpc) is 3.63. The Kier molecular flexibility index (Phi) is 8.43. The van der Waals surface area contributed by atoms with Gasteiger partial charge in [-0.05, 0) is 54.3 Å². The van der Waals surface area contributed by atoms with Gasteiger partial charge in [0.15, 0.2) is 12.2 Å². The second kappa shape index (κ2) is 12.3. The highest BCUT2D eigenvalue weighted by atomic mass is 16.5. The molecule has 2 aliphatic rings. The molecule has 39 heavy (non-hydrogen) atoms. The van der Waals surface area contributed by atoms with Crippen LogP contribution in [-0.2, 0) is 24.4 Å². The number of amides is 2. The first-order valence-corrected chi connectivity index (χ1v) is 13.4. The number of hydrogen-bond donors (Lipinski definition) is 3. The standard InChI is InChI=1S/C29H35N5O5/c1-20(35)34-10-8-25(16-34)32-24-4-2-3-22(11-24)29(37)31-13-26(36)17-33-9-7-21-12-27(6-5-23(21)15-33)38-18-28-14-30-19-39-28/h2-6,11-12,14,19,25-26,32,36H,7-10,13,15-18H2,1H3,(H,31,37). The van der Waals surface area contributed by atoms with Crippen molar-refractivity contribution in [1.82, 2.24) is 20.1 Å². The number of ether oxygens (including phenoxy) is 1. The first-order valence-electron chi connectivity index (χ1n) is 13.4. The fourth-order valence-electron chi connectivity index (χ4n) is 5.13. The molecular weight excluding hydrogens is 498 g/mol. The molecule has 2 aliphatic heterocycles. The largest absolute Gasteiger partial charge is 0.486 e. The van der Waals surface area contributed by atoms with E-state index in [-0.39, 0.29) is 24.4 Å². The van der Waals surface area contributed by atoms with Crippen molar-refractivity contribution in [2.45, 2.75) is 45.1 Å². The van der Waals surface area contributed by atoms with Crippen molar-refractivity contribution in [3.05, 3.63) is 77.5 Å². The van der Waals surface area contributed by atoms with Crippen LogP contribution >= 0.6 is 0 Å². The minimum absolute atomic E-state index is 0.0821. The molecule has 5 rings (SSSR count). The lowest BCUT2D eigenvalue weighted by Gasteiger charge is -2.30. The minimum Gasteiger partial charge on any atom is -0.486 e. The first kappa shape index (κ1) is 26.7. The molecule has 3 N–H and O–H groups in total. The number of aliphatic hydroxyl groups excluding tert-OH is 1. The summed E-state index contributed by atoms with van der Waals surface area (Å²) in [5.74, 6) is 1.33. The molecule has 10 nitrogen and oxygen atoms in total. The highest BCUT2D eigenvalue weighted by Gasteiger charge is 2.24. The Morgan fingerprint density at radius 1 is 1.21 bits per heavy atom. The molecule has 0 aliphatic carbocycles. The molecule has 2 amide bonds. The van der Waals surface area contributed by atoms with Crippen molar-refractivity contribution < 1.29 is 23.8 Å². The van der Waals surface area contributed by atoms with Gasteiger partial charge >= 0.3 is 0 Å². The molecule has 0 saturated carbocycles. The van der Waals surface area contributed by atoms with Gasteiger partial charge in [-0.15, -0.1) is 0 Å². The minimum atomic E-state index is -0.683. The highest BCUT2D eigenvalue weighted by molar-refractivity contribution is 5.95. The number of fused-ring (bicyclic) bond motifs is 1. The number of nitrogens with zero attached hydrogens (tertiary/aromatic N) is 3.